The first-order chi connectivity index (χ1) is 8.06. The van der Waals surface area contributed by atoms with E-state index in [1.165, 1.54) is 0 Å². The second kappa shape index (κ2) is 6.05. The van der Waals surface area contributed by atoms with Crippen LogP contribution in [0.4, 0.5) is 5.82 Å². The highest BCUT2D eigenvalue weighted by Gasteiger charge is 2.22. The maximum Gasteiger partial charge on any atom is 0.293 e. The average molecular weight is 258 g/mol. The molecule has 0 spiro atoms. The van der Waals surface area contributed by atoms with Gasteiger partial charge in [-0.2, -0.15) is 0 Å². The number of nitrogens with one attached hydrogen (secondary N) is 1. The van der Waals surface area contributed by atoms with E-state index in [9.17, 15) is 4.79 Å². The predicted molar refractivity (Wildman–Crippen MR) is 71.8 cm³/mol. The molecule has 0 aliphatic heterocycles. The summed E-state index contributed by atoms with van der Waals surface area (Å²) in [7, 11) is 0. The maximum atomic E-state index is 12.0. The van der Waals surface area contributed by atoms with E-state index in [1.54, 1.807) is 17.0 Å². The van der Waals surface area contributed by atoms with Crippen LogP contribution in [0, 0.1) is 0 Å². The Bertz CT molecular complexity index is 418. The van der Waals surface area contributed by atoms with Gasteiger partial charge in [-0.3, -0.25) is 4.79 Å². The summed E-state index contributed by atoms with van der Waals surface area (Å²) in [6.45, 7) is 6.71. The minimum Gasteiger partial charge on any atom is -0.360 e. The van der Waals surface area contributed by atoms with Crippen molar-refractivity contribution in [3.8, 4) is 0 Å². The Balaban J connectivity index is 2.98. The van der Waals surface area contributed by atoms with Crippen LogP contribution in [0.3, 0.4) is 0 Å². The third kappa shape index (κ3) is 3.46. The summed E-state index contributed by atoms with van der Waals surface area (Å²) >= 11 is 5.79. The van der Waals surface area contributed by atoms with Crippen molar-refractivity contribution < 1.29 is 0 Å². The van der Waals surface area contributed by atoms with Gasteiger partial charge in [0.15, 0.2) is 5.82 Å². The molecule has 1 aromatic heterocycles. The van der Waals surface area contributed by atoms with E-state index in [-0.39, 0.29) is 11.1 Å². The molecule has 0 radical (unpaired) electrons. The highest BCUT2D eigenvalue weighted by molar-refractivity contribution is 6.17. The Hall–Kier alpha value is -1.03. The van der Waals surface area contributed by atoms with Gasteiger partial charge in [0, 0.05) is 30.4 Å². The Labute approximate surface area is 107 Å². The summed E-state index contributed by atoms with van der Waals surface area (Å²) in [5.41, 5.74) is -0.259. The Kier molecular flexibility index (Phi) is 5.00. The second-order valence-electron chi connectivity index (χ2n) is 4.35. The SMILES string of the molecule is CCn1ccnc(NC(C)(CC)CCCl)c1=O. The fourth-order valence-electron chi connectivity index (χ4n) is 1.60. The highest BCUT2D eigenvalue weighted by atomic mass is 35.5. The molecule has 0 saturated heterocycles. The minimum atomic E-state index is -0.180. The van der Waals surface area contributed by atoms with E-state index in [0.29, 0.717) is 18.2 Å². The van der Waals surface area contributed by atoms with Crippen LogP contribution < -0.4 is 10.9 Å². The van der Waals surface area contributed by atoms with Crippen molar-refractivity contribution in [3.63, 3.8) is 0 Å². The molecular weight excluding hydrogens is 238 g/mol. The number of anilines is 1. The van der Waals surface area contributed by atoms with E-state index < -0.39 is 0 Å². The number of hydrogen-bond donors (Lipinski definition) is 1. The zero-order valence-corrected chi connectivity index (χ0v) is 11.4. The number of hydrogen-bond acceptors (Lipinski definition) is 3. The summed E-state index contributed by atoms with van der Waals surface area (Å²) < 4.78 is 1.63. The molecule has 1 aromatic rings. The van der Waals surface area contributed by atoms with Crippen molar-refractivity contribution in [1.29, 1.82) is 0 Å². The van der Waals surface area contributed by atoms with Crippen molar-refractivity contribution in [1.82, 2.24) is 9.55 Å². The monoisotopic (exact) mass is 257 g/mol. The smallest absolute Gasteiger partial charge is 0.293 e. The average Bonchev–Trinajstić information content (AvgIpc) is 2.32. The van der Waals surface area contributed by atoms with E-state index in [4.69, 9.17) is 11.6 Å². The standard InChI is InChI=1S/C12H20ClN3O/c1-4-12(3,6-7-13)15-10-11(17)16(5-2)9-8-14-10/h8-9H,4-7H2,1-3H3,(H,14,15). The zero-order chi connectivity index (χ0) is 12.9. The highest BCUT2D eigenvalue weighted by Crippen LogP contribution is 2.19. The molecule has 1 rings (SSSR count). The molecule has 1 heterocycles. The van der Waals surface area contributed by atoms with E-state index in [0.717, 1.165) is 12.8 Å². The lowest BCUT2D eigenvalue weighted by molar-refractivity contribution is 0.477. The first kappa shape index (κ1) is 14.0. The van der Waals surface area contributed by atoms with Gasteiger partial charge in [0.25, 0.3) is 5.56 Å². The van der Waals surface area contributed by atoms with Gasteiger partial charge < -0.3 is 9.88 Å². The fourth-order valence-corrected chi connectivity index (χ4v) is 2.02. The van der Waals surface area contributed by atoms with Gasteiger partial charge in [-0.15, -0.1) is 11.6 Å². The first-order valence-electron chi connectivity index (χ1n) is 5.96. The number of rotatable bonds is 6. The molecule has 1 unspecified atom stereocenters. The molecule has 0 fully saturated rings. The number of nitrogens with zero attached hydrogens (tertiary/aromatic N) is 2. The third-order valence-electron chi connectivity index (χ3n) is 3.10. The Morgan fingerprint density at radius 3 is 2.76 bits per heavy atom. The molecule has 0 aliphatic rings. The number of alkyl halides is 1. The molecule has 96 valence electrons. The van der Waals surface area contributed by atoms with Crippen LogP contribution in [0.5, 0.6) is 0 Å². The number of halogens is 1. The molecule has 4 nitrogen and oxygen atoms in total. The van der Waals surface area contributed by atoms with Crippen LogP contribution in [0.1, 0.15) is 33.6 Å². The van der Waals surface area contributed by atoms with Crippen molar-refractivity contribution in [3.05, 3.63) is 22.7 Å². The quantitative estimate of drug-likeness (QED) is 0.797. The third-order valence-corrected chi connectivity index (χ3v) is 3.29. The largest absolute Gasteiger partial charge is 0.360 e. The van der Waals surface area contributed by atoms with Crippen molar-refractivity contribution in [2.45, 2.75) is 45.7 Å². The fraction of sp³-hybridized carbons (Fsp3) is 0.667. The molecule has 0 amide bonds. The minimum absolute atomic E-state index is 0.0794. The number of aromatic nitrogens is 2. The van der Waals surface area contributed by atoms with E-state index >= 15 is 0 Å². The van der Waals surface area contributed by atoms with Crippen LogP contribution in [-0.2, 0) is 6.54 Å². The molecule has 1 atom stereocenters. The van der Waals surface area contributed by atoms with Crippen LogP contribution >= 0.6 is 11.6 Å². The summed E-state index contributed by atoms with van der Waals surface area (Å²) in [4.78, 5) is 16.1. The van der Waals surface area contributed by atoms with Crippen molar-refractivity contribution in [2.24, 2.45) is 0 Å². The Morgan fingerprint density at radius 2 is 2.24 bits per heavy atom. The van der Waals surface area contributed by atoms with Gasteiger partial charge in [0.2, 0.25) is 0 Å². The van der Waals surface area contributed by atoms with Crippen LogP contribution in [0.25, 0.3) is 0 Å². The zero-order valence-electron chi connectivity index (χ0n) is 10.7. The topological polar surface area (TPSA) is 46.9 Å². The predicted octanol–water partition coefficient (Wildman–Crippen LogP) is 2.47. The van der Waals surface area contributed by atoms with Gasteiger partial charge in [0.05, 0.1) is 0 Å². The first-order valence-corrected chi connectivity index (χ1v) is 6.49. The van der Waals surface area contributed by atoms with Gasteiger partial charge in [-0.1, -0.05) is 6.92 Å². The lowest BCUT2D eigenvalue weighted by Gasteiger charge is -2.29. The molecule has 1 N–H and O–H groups in total. The molecule has 17 heavy (non-hydrogen) atoms. The molecule has 0 saturated carbocycles. The number of aryl methyl sites for hydroxylation is 1. The van der Waals surface area contributed by atoms with Gasteiger partial charge in [-0.05, 0) is 26.7 Å². The van der Waals surface area contributed by atoms with Gasteiger partial charge in [0.1, 0.15) is 0 Å². The van der Waals surface area contributed by atoms with Crippen LogP contribution in [0.15, 0.2) is 17.2 Å². The van der Waals surface area contributed by atoms with Crippen LogP contribution in [0.2, 0.25) is 0 Å². The van der Waals surface area contributed by atoms with Crippen molar-refractivity contribution >= 4 is 17.4 Å². The molecule has 0 aliphatic carbocycles. The summed E-state index contributed by atoms with van der Waals surface area (Å²) in [5, 5.41) is 3.22. The molecular formula is C12H20ClN3O. The maximum absolute atomic E-state index is 12.0. The summed E-state index contributed by atoms with van der Waals surface area (Å²) in [5.74, 6) is 0.968. The van der Waals surface area contributed by atoms with E-state index in [1.807, 2.05) is 6.92 Å². The molecule has 0 aromatic carbocycles. The van der Waals surface area contributed by atoms with Crippen molar-refractivity contribution in [2.75, 3.05) is 11.2 Å². The summed E-state index contributed by atoms with van der Waals surface area (Å²) in [6, 6.07) is 0. The lowest BCUT2D eigenvalue weighted by atomic mass is 9.95. The molecule has 5 heteroatoms. The van der Waals surface area contributed by atoms with E-state index in [2.05, 4.69) is 24.1 Å². The summed E-state index contributed by atoms with van der Waals surface area (Å²) in [6.07, 6.45) is 5.03. The molecule has 0 bridgehead atoms. The van der Waals surface area contributed by atoms with Gasteiger partial charge >= 0.3 is 0 Å². The normalized spacial score (nSPS) is 14.4. The van der Waals surface area contributed by atoms with Gasteiger partial charge in [-0.25, -0.2) is 4.98 Å². The van der Waals surface area contributed by atoms with Crippen LogP contribution in [-0.4, -0.2) is 21.0 Å². The second-order valence-corrected chi connectivity index (χ2v) is 4.72. The lowest BCUT2D eigenvalue weighted by Crippen LogP contribution is -2.38. The Morgan fingerprint density at radius 1 is 1.53 bits per heavy atom.